The number of aryl methyl sites for hydroxylation is 2. The van der Waals surface area contributed by atoms with E-state index >= 15 is 0 Å². The summed E-state index contributed by atoms with van der Waals surface area (Å²) in [5, 5.41) is 6.80. The number of benzene rings is 1. The van der Waals surface area contributed by atoms with Crippen molar-refractivity contribution in [1.29, 1.82) is 0 Å². The van der Waals surface area contributed by atoms with Gasteiger partial charge in [0.2, 0.25) is 5.91 Å². The molecule has 2 fully saturated rings. The van der Waals surface area contributed by atoms with E-state index in [1.54, 1.807) is 0 Å². The first-order chi connectivity index (χ1) is 14.0. The van der Waals surface area contributed by atoms with Crippen LogP contribution in [0.3, 0.4) is 0 Å². The maximum absolute atomic E-state index is 12.6. The normalized spacial score (nSPS) is 19.5. The van der Waals surface area contributed by atoms with Gasteiger partial charge in [0, 0.05) is 31.6 Å². The third-order valence-corrected chi connectivity index (χ3v) is 5.71. The zero-order valence-corrected chi connectivity index (χ0v) is 20.9. The molecule has 2 aliphatic rings. The number of halogens is 1. The molecule has 6 nitrogen and oxygen atoms in total. The van der Waals surface area contributed by atoms with Gasteiger partial charge in [-0.05, 0) is 63.3 Å². The zero-order chi connectivity index (χ0) is 20.6. The Kier molecular flexibility index (Phi) is 10.2. The van der Waals surface area contributed by atoms with Crippen LogP contribution in [0.2, 0.25) is 0 Å². The third-order valence-electron chi connectivity index (χ3n) is 5.71. The van der Waals surface area contributed by atoms with E-state index in [-0.39, 0.29) is 35.9 Å². The molecule has 0 spiro atoms. The molecule has 1 aliphatic heterocycles. The van der Waals surface area contributed by atoms with Gasteiger partial charge in [-0.2, -0.15) is 0 Å². The summed E-state index contributed by atoms with van der Waals surface area (Å²) in [6.07, 6.45) is 5.51. The van der Waals surface area contributed by atoms with Crippen molar-refractivity contribution < 1.29 is 9.53 Å². The van der Waals surface area contributed by atoms with Crippen LogP contribution in [0.25, 0.3) is 0 Å². The molecule has 2 N–H and O–H groups in total. The van der Waals surface area contributed by atoms with Crippen molar-refractivity contribution in [3.05, 3.63) is 29.3 Å². The van der Waals surface area contributed by atoms with Crippen LogP contribution < -0.4 is 15.4 Å². The molecular formula is C23H37IN4O2. The number of carbonyl (C=O) groups is 1. The number of nitrogens with zero attached hydrogens (tertiary/aromatic N) is 2. The van der Waals surface area contributed by atoms with Crippen molar-refractivity contribution in [2.24, 2.45) is 10.9 Å². The summed E-state index contributed by atoms with van der Waals surface area (Å²) in [5.41, 5.74) is 2.41. The van der Waals surface area contributed by atoms with E-state index in [0.29, 0.717) is 19.1 Å². The molecule has 0 aromatic heterocycles. The fourth-order valence-corrected chi connectivity index (χ4v) is 4.36. The lowest BCUT2D eigenvalue weighted by molar-refractivity contribution is -0.134. The summed E-state index contributed by atoms with van der Waals surface area (Å²) in [4.78, 5) is 19.3. The average molecular weight is 528 g/mol. The Labute approximate surface area is 198 Å². The first kappa shape index (κ1) is 24.8. The molecule has 1 unspecified atom stereocenters. The smallest absolute Gasteiger partial charge is 0.225 e. The number of likely N-dealkylation sites (tertiary alicyclic amines) is 1. The Morgan fingerprint density at radius 1 is 1.17 bits per heavy atom. The number of guanidine groups is 1. The Bertz CT molecular complexity index is 699. The van der Waals surface area contributed by atoms with E-state index in [4.69, 9.17) is 4.74 Å². The summed E-state index contributed by atoms with van der Waals surface area (Å²) >= 11 is 0. The highest BCUT2D eigenvalue weighted by Crippen LogP contribution is 2.27. The second-order valence-electron chi connectivity index (χ2n) is 8.33. The van der Waals surface area contributed by atoms with Crippen molar-refractivity contribution in [2.75, 3.05) is 32.8 Å². The maximum atomic E-state index is 12.6. The summed E-state index contributed by atoms with van der Waals surface area (Å²) in [5.74, 6) is 2.32. The molecule has 30 heavy (non-hydrogen) atoms. The van der Waals surface area contributed by atoms with Crippen molar-refractivity contribution >= 4 is 35.8 Å². The van der Waals surface area contributed by atoms with Crippen LogP contribution >= 0.6 is 24.0 Å². The number of ether oxygens (including phenoxy) is 1. The van der Waals surface area contributed by atoms with Gasteiger partial charge in [0.1, 0.15) is 12.4 Å². The van der Waals surface area contributed by atoms with Gasteiger partial charge in [0.15, 0.2) is 5.96 Å². The SMILES string of the molecule is CCNC(=NCCOc1cc(C)cc(C)c1)NC1CCN(C(=O)C2CCCC2)C1.I. The van der Waals surface area contributed by atoms with Crippen molar-refractivity contribution in [3.63, 3.8) is 0 Å². The summed E-state index contributed by atoms with van der Waals surface area (Å²) in [6.45, 7) is 9.77. The van der Waals surface area contributed by atoms with Gasteiger partial charge in [0.05, 0.1) is 6.54 Å². The Hall–Kier alpha value is -1.51. The van der Waals surface area contributed by atoms with E-state index in [9.17, 15) is 4.79 Å². The lowest BCUT2D eigenvalue weighted by Crippen LogP contribution is -2.45. The molecule has 1 amide bonds. The number of amides is 1. The molecular weight excluding hydrogens is 491 g/mol. The Balaban J connectivity index is 0.00000320. The number of aliphatic imine (C=N–C) groups is 1. The standard InChI is InChI=1S/C23H36N4O2.HI/c1-4-24-23(25-10-12-29-21-14-17(2)13-18(3)15-21)26-20-9-11-27(16-20)22(28)19-7-5-6-8-19;/h13-15,19-20H,4-12,16H2,1-3H3,(H2,24,25,26);1H. The molecule has 1 saturated heterocycles. The Morgan fingerprint density at radius 2 is 1.87 bits per heavy atom. The Morgan fingerprint density at radius 3 is 2.53 bits per heavy atom. The van der Waals surface area contributed by atoms with Crippen molar-refractivity contribution in [3.8, 4) is 5.75 Å². The van der Waals surface area contributed by atoms with E-state index < -0.39 is 0 Å². The molecule has 7 heteroatoms. The molecule has 3 rings (SSSR count). The molecule has 1 saturated carbocycles. The second-order valence-corrected chi connectivity index (χ2v) is 8.33. The summed E-state index contributed by atoms with van der Waals surface area (Å²) in [6, 6.07) is 6.50. The van der Waals surface area contributed by atoms with Crippen LogP contribution in [0.1, 0.15) is 50.2 Å². The molecule has 0 bridgehead atoms. The minimum absolute atomic E-state index is 0. The quantitative estimate of drug-likeness (QED) is 0.246. The van der Waals surface area contributed by atoms with Crippen LogP contribution in [-0.4, -0.2) is 55.6 Å². The number of hydrogen-bond donors (Lipinski definition) is 2. The number of carbonyl (C=O) groups excluding carboxylic acids is 1. The lowest BCUT2D eigenvalue weighted by Gasteiger charge is -2.21. The largest absolute Gasteiger partial charge is 0.492 e. The number of rotatable bonds is 7. The van der Waals surface area contributed by atoms with E-state index in [2.05, 4.69) is 54.6 Å². The van der Waals surface area contributed by atoms with Crippen LogP contribution in [0.4, 0.5) is 0 Å². The van der Waals surface area contributed by atoms with Crippen LogP contribution in [0, 0.1) is 19.8 Å². The molecule has 0 radical (unpaired) electrons. The van der Waals surface area contributed by atoms with Gasteiger partial charge in [-0.3, -0.25) is 4.79 Å². The fourth-order valence-electron chi connectivity index (χ4n) is 4.36. The van der Waals surface area contributed by atoms with Gasteiger partial charge in [0.25, 0.3) is 0 Å². The maximum Gasteiger partial charge on any atom is 0.225 e. The first-order valence-corrected chi connectivity index (χ1v) is 11.1. The molecule has 168 valence electrons. The van der Waals surface area contributed by atoms with E-state index in [1.165, 1.54) is 24.0 Å². The summed E-state index contributed by atoms with van der Waals surface area (Å²) in [7, 11) is 0. The highest BCUT2D eigenvalue weighted by Gasteiger charge is 2.32. The summed E-state index contributed by atoms with van der Waals surface area (Å²) < 4.78 is 5.86. The van der Waals surface area contributed by atoms with Crippen LogP contribution in [0.5, 0.6) is 5.75 Å². The zero-order valence-electron chi connectivity index (χ0n) is 18.6. The monoisotopic (exact) mass is 528 g/mol. The van der Waals surface area contributed by atoms with E-state index in [0.717, 1.165) is 50.6 Å². The second kappa shape index (κ2) is 12.4. The average Bonchev–Trinajstić information content (AvgIpc) is 3.36. The van der Waals surface area contributed by atoms with Gasteiger partial charge < -0.3 is 20.3 Å². The minimum Gasteiger partial charge on any atom is -0.492 e. The van der Waals surface area contributed by atoms with Gasteiger partial charge in [-0.1, -0.05) is 18.9 Å². The predicted molar refractivity (Wildman–Crippen MR) is 133 cm³/mol. The molecule has 1 atom stereocenters. The molecule has 1 aliphatic carbocycles. The lowest BCUT2D eigenvalue weighted by atomic mass is 10.1. The van der Waals surface area contributed by atoms with Crippen molar-refractivity contribution in [2.45, 2.75) is 58.9 Å². The van der Waals surface area contributed by atoms with Crippen LogP contribution in [0.15, 0.2) is 23.2 Å². The van der Waals surface area contributed by atoms with E-state index in [1.807, 2.05) is 4.90 Å². The van der Waals surface area contributed by atoms with Crippen molar-refractivity contribution in [1.82, 2.24) is 15.5 Å². The topological polar surface area (TPSA) is 66.0 Å². The molecule has 1 heterocycles. The van der Waals surface area contributed by atoms with Crippen LogP contribution in [-0.2, 0) is 4.79 Å². The number of nitrogens with one attached hydrogen (secondary N) is 2. The van der Waals surface area contributed by atoms with Gasteiger partial charge >= 0.3 is 0 Å². The predicted octanol–water partition coefficient (Wildman–Crippen LogP) is 3.65. The third kappa shape index (κ3) is 7.32. The van der Waals surface area contributed by atoms with Gasteiger partial charge in [-0.15, -0.1) is 24.0 Å². The minimum atomic E-state index is 0. The molecule has 1 aromatic carbocycles. The highest BCUT2D eigenvalue weighted by molar-refractivity contribution is 14.0. The highest BCUT2D eigenvalue weighted by atomic mass is 127. The molecule has 1 aromatic rings. The number of hydrogen-bond acceptors (Lipinski definition) is 3. The fraction of sp³-hybridized carbons (Fsp3) is 0.652. The van der Waals surface area contributed by atoms with Gasteiger partial charge in [-0.25, -0.2) is 4.99 Å². The first-order valence-electron chi connectivity index (χ1n) is 11.1.